The van der Waals surface area contributed by atoms with Crippen LogP contribution in [0.2, 0.25) is 0 Å². The van der Waals surface area contributed by atoms with Gasteiger partial charge in [0.25, 0.3) is 0 Å². The van der Waals surface area contributed by atoms with Crippen LogP contribution in [-0.4, -0.2) is 0 Å². The summed E-state index contributed by atoms with van der Waals surface area (Å²) < 4.78 is 6.37. The third-order valence-corrected chi connectivity index (χ3v) is 10.7. The molecule has 0 fully saturated rings. The number of para-hydroxylation sites is 1. The van der Waals surface area contributed by atoms with Crippen LogP contribution in [0.4, 0.5) is 0 Å². The molecule has 2 aliphatic rings. The van der Waals surface area contributed by atoms with Gasteiger partial charge in [-0.05, 0) is 108 Å². The number of furan rings is 1. The van der Waals surface area contributed by atoms with Crippen molar-refractivity contribution >= 4 is 59.8 Å². The van der Waals surface area contributed by atoms with Crippen molar-refractivity contribution in [3.63, 3.8) is 0 Å². The molecule has 0 amide bonds. The molecule has 0 spiro atoms. The van der Waals surface area contributed by atoms with E-state index in [4.69, 9.17) is 4.42 Å². The lowest BCUT2D eigenvalue weighted by molar-refractivity contribution is 0.665. The summed E-state index contributed by atoms with van der Waals surface area (Å²) in [5.41, 5.74) is 12.6. The van der Waals surface area contributed by atoms with E-state index in [1.165, 1.54) is 87.6 Å². The Hall–Kier alpha value is -5.40. The average Bonchev–Trinajstić information content (AvgIpc) is 3.59. The van der Waals surface area contributed by atoms with Crippen molar-refractivity contribution in [3.8, 4) is 22.3 Å². The molecule has 0 unspecified atom stereocenters. The molecule has 0 radical (unpaired) electrons. The second-order valence-electron chi connectivity index (χ2n) is 13.5. The van der Waals surface area contributed by atoms with E-state index >= 15 is 0 Å². The Kier molecular flexibility index (Phi) is 5.24. The molecular formula is C45H32O. The quantitative estimate of drug-likeness (QED) is 0.183. The Balaban J connectivity index is 1.28. The van der Waals surface area contributed by atoms with Gasteiger partial charge in [-0.2, -0.15) is 0 Å². The summed E-state index contributed by atoms with van der Waals surface area (Å²) in [5.74, 6) is 0. The summed E-state index contributed by atoms with van der Waals surface area (Å²) in [4.78, 5) is 0. The molecule has 46 heavy (non-hydrogen) atoms. The number of rotatable bonds is 2. The molecule has 0 aliphatic heterocycles. The molecule has 0 saturated carbocycles. The van der Waals surface area contributed by atoms with Gasteiger partial charge in [-0.1, -0.05) is 129 Å². The maximum Gasteiger partial charge on any atom is 0.136 e. The highest BCUT2D eigenvalue weighted by atomic mass is 16.3. The van der Waals surface area contributed by atoms with Crippen molar-refractivity contribution in [2.75, 3.05) is 0 Å². The monoisotopic (exact) mass is 588 g/mol. The zero-order valence-electron chi connectivity index (χ0n) is 26.0. The van der Waals surface area contributed by atoms with Crippen LogP contribution in [0.5, 0.6) is 0 Å². The molecule has 10 rings (SSSR count). The normalized spacial score (nSPS) is 15.2. The van der Waals surface area contributed by atoms with Gasteiger partial charge in [-0.25, -0.2) is 0 Å². The molecule has 7 aromatic carbocycles. The molecule has 1 aromatic heterocycles. The van der Waals surface area contributed by atoms with E-state index in [0.29, 0.717) is 0 Å². The van der Waals surface area contributed by atoms with Gasteiger partial charge >= 0.3 is 0 Å². The standard InChI is InChI=1S/C45H32O/c1-45(2)37-24-21-29(41-32-16-8-6-14-30(32)40(27-12-4-3-5-13-27)31-15-7-9-17-33(31)41)26-36(37)34-23-20-28-22-25-39-43(42(28)44(34)45)35-18-10-11-19-38(35)46-39/h3-4,6-12,14-26H,5,13H2,1-2H3. The fourth-order valence-corrected chi connectivity index (χ4v) is 8.70. The molecule has 0 saturated heterocycles. The third kappa shape index (κ3) is 3.40. The Morgan fingerprint density at radius 2 is 1.26 bits per heavy atom. The molecule has 2 aliphatic carbocycles. The minimum Gasteiger partial charge on any atom is -0.456 e. The molecule has 1 nitrogen and oxygen atoms in total. The third-order valence-electron chi connectivity index (χ3n) is 10.7. The fourth-order valence-electron chi connectivity index (χ4n) is 8.70. The maximum atomic E-state index is 6.37. The molecule has 1 heteroatoms. The van der Waals surface area contributed by atoms with Gasteiger partial charge in [-0.15, -0.1) is 0 Å². The Labute approximate surface area is 268 Å². The molecule has 0 N–H and O–H groups in total. The van der Waals surface area contributed by atoms with Crippen LogP contribution in [0.15, 0.2) is 138 Å². The summed E-state index contributed by atoms with van der Waals surface area (Å²) in [6.45, 7) is 4.79. The predicted molar refractivity (Wildman–Crippen MR) is 196 cm³/mol. The van der Waals surface area contributed by atoms with Crippen LogP contribution in [0.3, 0.4) is 0 Å². The van der Waals surface area contributed by atoms with Crippen molar-refractivity contribution < 1.29 is 4.42 Å². The van der Waals surface area contributed by atoms with E-state index in [2.05, 4.69) is 147 Å². The first-order valence-electron chi connectivity index (χ1n) is 16.4. The summed E-state index contributed by atoms with van der Waals surface area (Å²) in [6.07, 6.45) is 8.97. The van der Waals surface area contributed by atoms with E-state index in [9.17, 15) is 0 Å². The van der Waals surface area contributed by atoms with Crippen molar-refractivity contribution in [1.82, 2.24) is 0 Å². The largest absolute Gasteiger partial charge is 0.456 e. The molecule has 0 atom stereocenters. The Morgan fingerprint density at radius 1 is 0.587 bits per heavy atom. The zero-order valence-corrected chi connectivity index (χ0v) is 26.0. The smallest absolute Gasteiger partial charge is 0.136 e. The van der Waals surface area contributed by atoms with Crippen molar-refractivity contribution in [2.45, 2.75) is 32.1 Å². The van der Waals surface area contributed by atoms with Gasteiger partial charge in [-0.3, -0.25) is 0 Å². The average molecular weight is 589 g/mol. The number of allylic oxidation sites excluding steroid dienone is 4. The minimum absolute atomic E-state index is 0.162. The molecule has 218 valence electrons. The van der Waals surface area contributed by atoms with Crippen molar-refractivity contribution in [2.24, 2.45) is 0 Å². The van der Waals surface area contributed by atoms with Crippen molar-refractivity contribution in [3.05, 3.63) is 150 Å². The second-order valence-corrected chi connectivity index (χ2v) is 13.5. The summed E-state index contributed by atoms with van der Waals surface area (Å²) in [6, 6.07) is 42.8. The lowest BCUT2D eigenvalue weighted by atomic mass is 9.79. The van der Waals surface area contributed by atoms with E-state index in [1.807, 2.05) is 0 Å². The van der Waals surface area contributed by atoms with Gasteiger partial charge in [0.1, 0.15) is 11.2 Å². The molecular weight excluding hydrogens is 556 g/mol. The van der Waals surface area contributed by atoms with Crippen LogP contribution in [-0.2, 0) is 5.41 Å². The van der Waals surface area contributed by atoms with Gasteiger partial charge < -0.3 is 4.42 Å². The van der Waals surface area contributed by atoms with Gasteiger partial charge in [0.05, 0.1) is 0 Å². The fraction of sp³-hybridized carbons (Fsp3) is 0.111. The van der Waals surface area contributed by atoms with E-state index < -0.39 is 0 Å². The summed E-state index contributed by atoms with van der Waals surface area (Å²) in [5, 5.41) is 10.3. The first-order valence-corrected chi connectivity index (χ1v) is 16.4. The first kappa shape index (κ1) is 25.9. The highest BCUT2D eigenvalue weighted by Gasteiger charge is 2.38. The Morgan fingerprint density at radius 3 is 1.98 bits per heavy atom. The summed E-state index contributed by atoms with van der Waals surface area (Å²) >= 11 is 0. The van der Waals surface area contributed by atoms with Gasteiger partial charge in [0, 0.05) is 16.2 Å². The number of hydrogen-bond acceptors (Lipinski definition) is 1. The number of benzene rings is 7. The second kappa shape index (κ2) is 9.31. The topological polar surface area (TPSA) is 13.1 Å². The lowest BCUT2D eigenvalue weighted by Gasteiger charge is -2.24. The van der Waals surface area contributed by atoms with Crippen LogP contribution < -0.4 is 0 Å². The van der Waals surface area contributed by atoms with Crippen LogP contribution in [0.1, 0.15) is 43.4 Å². The van der Waals surface area contributed by atoms with Gasteiger partial charge in [0.2, 0.25) is 0 Å². The van der Waals surface area contributed by atoms with E-state index in [-0.39, 0.29) is 5.41 Å². The highest BCUT2D eigenvalue weighted by Crippen LogP contribution is 2.54. The number of fused-ring (bicyclic) bond motifs is 11. The minimum atomic E-state index is -0.162. The highest BCUT2D eigenvalue weighted by molar-refractivity contribution is 6.22. The van der Waals surface area contributed by atoms with Crippen LogP contribution in [0.25, 0.3) is 82.1 Å². The van der Waals surface area contributed by atoms with Crippen LogP contribution in [0, 0.1) is 0 Å². The van der Waals surface area contributed by atoms with E-state index in [1.54, 1.807) is 0 Å². The summed E-state index contributed by atoms with van der Waals surface area (Å²) in [7, 11) is 0. The predicted octanol–water partition coefficient (Wildman–Crippen LogP) is 12.8. The maximum absolute atomic E-state index is 6.37. The van der Waals surface area contributed by atoms with Gasteiger partial charge in [0.15, 0.2) is 0 Å². The molecule has 0 bridgehead atoms. The SMILES string of the molecule is CC1(C)c2ccc(-c3c4ccccc4c(C4=CC=CCC4)c4ccccc34)cc2-c2ccc3ccc4oc5ccccc5c4c3c21. The number of hydrogen-bond donors (Lipinski definition) is 0. The van der Waals surface area contributed by atoms with Crippen LogP contribution >= 0.6 is 0 Å². The molecule has 1 heterocycles. The first-order chi connectivity index (χ1) is 22.6. The lowest BCUT2D eigenvalue weighted by Crippen LogP contribution is -2.15. The molecule has 8 aromatic rings. The van der Waals surface area contributed by atoms with Crippen molar-refractivity contribution in [1.29, 1.82) is 0 Å². The van der Waals surface area contributed by atoms with E-state index in [0.717, 1.165) is 24.0 Å². The zero-order chi connectivity index (χ0) is 30.6. The Bertz CT molecular complexity index is 2600.